The van der Waals surface area contributed by atoms with Gasteiger partial charge in [-0.05, 0) is 51.1 Å². The molecule has 0 aliphatic carbocycles. The van der Waals surface area contributed by atoms with Crippen molar-refractivity contribution in [3.8, 4) is 11.4 Å². The normalized spacial score (nSPS) is 11.9. The molecule has 0 spiro atoms. The Morgan fingerprint density at radius 2 is 1.90 bits per heavy atom. The molecule has 0 radical (unpaired) electrons. The maximum absolute atomic E-state index is 12.3. The molecule has 7 nitrogen and oxygen atoms in total. The quantitative estimate of drug-likeness (QED) is 0.418. The van der Waals surface area contributed by atoms with E-state index in [0.717, 1.165) is 16.6 Å². The van der Waals surface area contributed by atoms with Crippen LogP contribution in [0.2, 0.25) is 0 Å². The number of carbonyl (C=O) groups is 2. The molecule has 4 aromatic rings. The number of ether oxygens (including phenoxy) is 1. The Morgan fingerprint density at radius 3 is 2.59 bits per heavy atom. The van der Waals surface area contributed by atoms with Gasteiger partial charge in [-0.3, -0.25) is 14.3 Å². The van der Waals surface area contributed by atoms with E-state index in [2.05, 4.69) is 15.1 Å². The molecule has 2 aromatic carbocycles. The lowest BCUT2D eigenvalue weighted by atomic mass is 10.1. The number of imidazole rings is 1. The summed E-state index contributed by atoms with van der Waals surface area (Å²) in [6, 6.07) is 13.4. The lowest BCUT2D eigenvalue weighted by Crippen LogP contribution is -2.26. The Kier molecular flexibility index (Phi) is 4.45. The fraction of sp³-hybridized carbons (Fsp3) is 0.273. The van der Waals surface area contributed by atoms with Gasteiger partial charge in [-0.15, -0.1) is 0 Å². The van der Waals surface area contributed by atoms with Crippen LogP contribution in [0.15, 0.2) is 42.5 Å². The first-order chi connectivity index (χ1) is 13.7. The minimum Gasteiger partial charge on any atom is -0.459 e. The second kappa shape index (κ2) is 6.84. The second-order valence-electron chi connectivity index (χ2n) is 7.98. The summed E-state index contributed by atoms with van der Waals surface area (Å²) in [7, 11) is 0. The fourth-order valence-electron chi connectivity index (χ4n) is 3.29. The number of H-pyrrole nitrogens is 1. The molecule has 4 rings (SSSR count). The Balaban J connectivity index is 1.77. The number of ketones is 1. The molecule has 0 atom stereocenters. The van der Waals surface area contributed by atoms with Crippen molar-refractivity contribution >= 4 is 33.7 Å². The van der Waals surface area contributed by atoms with E-state index in [4.69, 9.17) is 4.74 Å². The van der Waals surface area contributed by atoms with Crippen LogP contribution in [0.4, 0.5) is 0 Å². The van der Waals surface area contributed by atoms with E-state index >= 15 is 0 Å². The van der Waals surface area contributed by atoms with Crippen LogP contribution in [0, 0.1) is 0 Å². The number of nitrogens with zero attached hydrogens (tertiary/aromatic N) is 3. The van der Waals surface area contributed by atoms with E-state index in [9.17, 15) is 9.59 Å². The molecule has 29 heavy (non-hydrogen) atoms. The van der Waals surface area contributed by atoms with Gasteiger partial charge in [0.05, 0.1) is 16.6 Å². The zero-order chi connectivity index (χ0) is 20.8. The van der Waals surface area contributed by atoms with Crippen LogP contribution in [-0.4, -0.2) is 37.1 Å². The smallest absolute Gasteiger partial charge is 0.328 e. The molecule has 1 N–H and O–H groups in total. The SMILES string of the molecule is CC(=O)c1nn(CC(=O)OC(C)(C)C)c2ccc(-c3nc4ccccc4[nH]3)cc12. The topological polar surface area (TPSA) is 89.9 Å². The Hall–Kier alpha value is -3.48. The summed E-state index contributed by atoms with van der Waals surface area (Å²) in [5, 5.41) is 5.05. The van der Waals surface area contributed by atoms with E-state index in [1.54, 1.807) is 0 Å². The van der Waals surface area contributed by atoms with Crippen LogP contribution in [0.5, 0.6) is 0 Å². The summed E-state index contributed by atoms with van der Waals surface area (Å²) in [6.07, 6.45) is 0. The predicted octanol–water partition coefficient (Wildman–Crippen LogP) is 4.12. The first-order valence-electron chi connectivity index (χ1n) is 9.40. The molecule has 0 unspecified atom stereocenters. The lowest BCUT2D eigenvalue weighted by molar-refractivity contribution is -0.155. The molecule has 0 amide bonds. The summed E-state index contributed by atoms with van der Waals surface area (Å²) < 4.78 is 6.90. The van der Waals surface area contributed by atoms with Gasteiger partial charge in [-0.25, -0.2) is 4.98 Å². The van der Waals surface area contributed by atoms with Crippen molar-refractivity contribution in [3.05, 3.63) is 48.2 Å². The third kappa shape index (κ3) is 3.76. The van der Waals surface area contributed by atoms with Crippen LogP contribution in [0.1, 0.15) is 38.2 Å². The Morgan fingerprint density at radius 1 is 1.14 bits per heavy atom. The highest BCUT2D eigenvalue weighted by molar-refractivity contribution is 6.06. The molecule has 0 aliphatic rings. The first-order valence-corrected chi connectivity index (χ1v) is 9.40. The maximum atomic E-state index is 12.3. The average molecular weight is 390 g/mol. The number of rotatable bonds is 4. The van der Waals surface area contributed by atoms with Crippen LogP contribution in [0.3, 0.4) is 0 Å². The minimum atomic E-state index is -0.585. The van der Waals surface area contributed by atoms with Gasteiger partial charge in [0.1, 0.15) is 23.7 Å². The first kappa shape index (κ1) is 18.9. The van der Waals surface area contributed by atoms with E-state index in [1.165, 1.54) is 11.6 Å². The molecule has 0 saturated carbocycles. The van der Waals surface area contributed by atoms with Gasteiger partial charge in [-0.1, -0.05) is 12.1 Å². The monoisotopic (exact) mass is 390 g/mol. The van der Waals surface area contributed by atoms with E-state index in [1.807, 2.05) is 63.2 Å². The Labute approximate surface area is 167 Å². The number of fused-ring (bicyclic) bond motifs is 2. The summed E-state index contributed by atoms with van der Waals surface area (Å²) in [4.78, 5) is 32.3. The van der Waals surface area contributed by atoms with Crippen molar-refractivity contribution in [2.24, 2.45) is 0 Å². The number of para-hydroxylation sites is 2. The van der Waals surface area contributed by atoms with Crippen molar-refractivity contribution in [3.63, 3.8) is 0 Å². The van der Waals surface area contributed by atoms with Crippen molar-refractivity contribution in [2.45, 2.75) is 39.8 Å². The van der Waals surface area contributed by atoms with Crippen molar-refractivity contribution < 1.29 is 14.3 Å². The molecule has 7 heteroatoms. The average Bonchev–Trinajstić information content (AvgIpc) is 3.21. The van der Waals surface area contributed by atoms with Gasteiger partial charge < -0.3 is 9.72 Å². The summed E-state index contributed by atoms with van der Waals surface area (Å²) in [5.41, 5.74) is 3.08. The van der Waals surface area contributed by atoms with Crippen molar-refractivity contribution in [1.29, 1.82) is 0 Å². The Bertz CT molecular complexity index is 1210. The van der Waals surface area contributed by atoms with Gasteiger partial charge in [0, 0.05) is 17.9 Å². The van der Waals surface area contributed by atoms with Gasteiger partial charge in [-0.2, -0.15) is 5.10 Å². The van der Waals surface area contributed by atoms with Crippen LogP contribution >= 0.6 is 0 Å². The molecule has 2 heterocycles. The van der Waals surface area contributed by atoms with E-state index in [-0.39, 0.29) is 12.3 Å². The number of aromatic nitrogens is 4. The molecule has 0 bridgehead atoms. The maximum Gasteiger partial charge on any atom is 0.328 e. The summed E-state index contributed by atoms with van der Waals surface area (Å²) in [6.45, 7) is 6.84. The zero-order valence-electron chi connectivity index (χ0n) is 16.8. The highest BCUT2D eigenvalue weighted by atomic mass is 16.6. The second-order valence-corrected chi connectivity index (χ2v) is 7.98. The van der Waals surface area contributed by atoms with Gasteiger partial charge >= 0.3 is 5.97 Å². The van der Waals surface area contributed by atoms with E-state index < -0.39 is 11.6 Å². The number of hydrogen-bond acceptors (Lipinski definition) is 5. The summed E-state index contributed by atoms with van der Waals surface area (Å²) in [5.74, 6) is 0.139. The highest BCUT2D eigenvalue weighted by Crippen LogP contribution is 2.27. The molecule has 0 fully saturated rings. The molecule has 148 valence electrons. The molecular formula is C22H22N4O3. The molecule has 0 aliphatic heterocycles. The minimum absolute atomic E-state index is 0.0645. The van der Waals surface area contributed by atoms with Gasteiger partial charge in [0.25, 0.3) is 0 Å². The number of hydrogen-bond donors (Lipinski definition) is 1. The number of aromatic amines is 1. The number of esters is 1. The third-order valence-electron chi connectivity index (χ3n) is 4.45. The van der Waals surface area contributed by atoms with Crippen molar-refractivity contribution in [1.82, 2.24) is 19.7 Å². The fourth-order valence-corrected chi connectivity index (χ4v) is 3.29. The zero-order valence-corrected chi connectivity index (χ0v) is 16.8. The molecule has 2 aromatic heterocycles. The van der Waals surface area contributed by atoms with Gasteiger partial charge in [0.2, 0.25) is 0 Å². The van der Waals surface area contributed by atoms with Crippen LogP contribution in [-0.2, 0) is 16.1 Å². The largest absolute Gasteiger partial charge is 0.459 e. The number of Topliss-reactive ketones (excluding diaryl/α,β-unsaturated/α-hetero) is 1. The standard InChI is InChI=1S/C22H22N4O3/c1-13(27)20-15-11-14(21-23-16-7-5-6-8-17(16)24-21)9-10-18(15)26(25-20)12-19(28)29-22(2,3)4/h5-11H,12H2,1-4H3,(H,23,24). The number of carbonyl (C=O) groups excluding carboxylic acids is 2. The highest BCUT2D eigenvalue weighted by Gasteiger charge is 2.21. The molecule has 0 saturated heterocycles. The third-order valence-corrected chi connectivity index (χ3v) is 4.45. The lowest BCUT2D eigenvalue weighted by Gasteiger charge is -2.19. The van der Waals surface area contributed by atoms with Crippen LogP contribution in [0.25, 0.3) is 33.3 Å². The van der Waals surface area contributed by atoms with E-state index in [0.29, 0.717) is 22.4 Å². The van der Waals surface area contributed by atoms with Crippen LogP contribution < -0.4 is 0 Å². The number of benzene rings is 2. The summed E-state index contributed by atoms with van der Waals surface area (Å²) >= 11 is 0. The van der Waals surface area contributed by atoms with Crippen molar-refractivity contribution in [2.75, 3.05) is 0 Å². The number of nitrogens with one attached hydrogen (secondary N) is 1. The van der Waals surface area contributed by atoms with Gasteiger partial charge in [0.15, 0.2) is 5.78 Å². The predicted molar refractivity (Wildman–Crippen MR) is 111 cm³/mol. The molecular weight excluding hydrogens is 368 g/mol.